The van der Waals surface area contributed by atoms with Crippen LogP contribution in [0, 0.1) is 17.8 Å². The maximum absolute atomic E-state index is 12.2. The summed E-state index contributed by atoms with van der Waals surface area (Å²) < 4.78 is 0. The van der Waals surface area contributed by atoms with Gasteiger partial charge in [0.2, 0.25) is 0 Å². The summed E-state index contributed by atoms with van der Waals surface area (Å²) in [4.78, 5) is 14.2. The smallest absolute Gasteiger partial charge is 0.317 e. The second kappa shape index (κ2) is 5.94. The van der Waals surface area contributed by atoms with Crippen molar-refractivity contribution in [1.82, 2.24) is 10.2 Å². The zero-order valence-electron chi connectivity index (χ0n) is 12.1. The Bertz CT molecular complexity index is 290. The highest BCUT2D eigenvalue weighted by Crippen LogP contribution is 2.30. The lowest BCUT2D eigenvalue weighted by atomic mass is 9.78. The largest absolute Gasteiger partial charge is 0.335 e. The van der Waals surface area contributed by atoms with Gasteiger partial charge in [-0.3, -0.25) is 0 Å². The number of carbonyl (C=O) groups is 1. The fraction of sp³-hybridized carbons (Fsp3) is 0.933. The Balaban J connectivity index is 1.88. The highest BCUT2D eigenvalue weighted by Gasteiger charge is 2.31. The van der Waals surface area contributed by atoms with Gasteiger partial charge >= 0.3 is 6.03 Å². The lowest BCUT2D eigenvalue weighted by Crippen LogP contribution is -2.49. The van der Waals surface area contributed by atoms with Crippen molar-refractivity contribution >= 4 is 6.03 Å². The van der Waals surface area contributed by atoms with Gasteiger partial charge in [-0.25, -0.2) is 4.79 Å². The van der Waals surface area contributed by atoms with Crippen molar-refractivity contribution in [3.05, 3.63) is 0 Å². The first-order valence-electron chi connectivity index (χ1n) is 7.63. The predicted molar refractivity (Wildman–Crippen MR) is 74.5 cm³/mol. The lowest BCUT2D eigenvalue weighted by Gasteiger charge is -2.35. The Hall–Kier alpha value is -0.730. The summed E-state index contributed by atoms with van der Waals surface area (Å²) in [5.74, 6) is 2.01. The van der Waals surface area contributed by atoms with Gasteiger partial charge in [0.25, 0.3) is 0 Å². The van der Waals surface area contributed by atoms with Gasteiger partial charge in [-0.2, -0.15) is 0 Å². The lowest BCUT2D eigenvalue weighted by molar-refractivity contribution is 0.173. The average Bonchev–Trinajstić information content (AvgIpc) is 2.76. The molecule has 0 spiro atoms. The minimum absolute atomic E-state index is 0.178. The van der Waals surface area contributed by atoms with E-state index in [4.69, 9.17) is 0 Å². The van der Waals surface area contributed by atoms with Crippen LogP contribution in [0.1, 0.15) is 52.9 Å². The number of hydrogen-bond donors (Lipinski definition) is 1. The molecule has 0 aromatic rings. The van der Waals surface area contributed by atoms with Crippen molar-refractivity contribution in [2.24, 2.45) is 17.8 Å². The Kier molecular flexibility index (Phi) is 4.52. The quantitative estimate of drug-likeness (QED) is 0.804. The minimum Gasteiger partial charge on any atom is -0.335 e. The summed E-state index contributed by atoms with van der Waals surface area (Å²) >= 11 is 0. The third-order valence-electron chi connectivity index (χ3n) is 4.70. The third-order valence-corrected chi connectivity index (χ3v) is 4.70. The number of nitrogens with zero attached hydrogens (tertiary/aromatic N) is 1. The highest BCUT2D eigenvalue weighted by atomic mass is 16.2. The summed E-state index contributed by atoms with van der Waals surface area (Å²) in [6, 6.07) is 0.582. The number of rotatable bonds is 2. The third kappa shape index (κ3) is 3.18. The molecule has 104 valence electrons. The van der Waals surface area contributed by atoms with Gasteiger partial charge in [0, 0.05) is 19.1 Å². The molecule has 1 aliphatic carbocycles. The molecule has 0 radical (unpaired) electrons. The van der Waals surface area contributed by atoms with Crippen LogP contribution in [0.15, 0.2) is 0 Å². The molecule has 2 aliphatic rings. The number of amides is 2. The van der Waals surface area contributed by atoms with Crippen LogP contribution in [-0.2, 0) is 0 Å². The van der Waals surface area contributed by atoms with E-state index in [-0.39, 0.29) is 6.03 Å². The fourth-order valence-electron chi connectivity index (χ4n) is 3.51. The Morgan fingerprint density at radius 2 is 1.94 bits per heavy atom. The number of likely N-dealkylation sites (tertiary alicyclic amines) is 1. The molecule has 1 saturated heterocycles. The van der Waals surface area contributed by atoms with Gasteiger partial charge < -0.3 is 10.2 Å². The molecule has 2 amide bonds. The minimum atomic E-state index is 0.178. The summed E-state index contributed by atoms with van der Waals surface area (Å²) in [7, 11) is 0. The van der Waals surface area contributed by atoms with E-state index in [0.29, 0.717) is 23.8 Å². The topological polar surface area (TPSA) is 32.3 Å². The maximum atomic E-state index is 12.2. The van der Waals surface area contributed by atoms with Crippen molar-refractivity contribution in [3.63, 3.8) is 0 Å². The molecule has 1 N–H and O–H groups in total. The standard InChI is InChI=1S/C15H28N2O/c1-11(2)13-6-4-5-7-14(13)16-15(18)17-9-8-12(3)10-17/h11-14H,4-10H2,1-3H3,(H,16,18). The second-order valence-corrected chi connectivity index (χ2v) is 6.59. The van der Waals surface area contributed by atoms with Gasteiger partial charge in [-0.15, -0.1) is 0 Å². The molecule has 3 nitrogen and oxygen atoms in total. The molecular formula is C15H28N2O. The zero-order chi connectivity index (χ0) is 13.1. The Morgan fingerprint density at radius 3 is 2.56 bits per heavy atom. The highest BCUT2D eigenvalue weighted by molar-refractivity contribution is 5.74. The summed E-state index contributed by atoms with van der Waals surface area (Å²) in [6.45, 7) is 8.67. The van der Waals surface area contributed by atoms with E-state index in [1.165, 1.54) is 19.3 Å². The van der Waals surface area contributed by atoms with E-state index in [9.17, 15) is 4.79 Å². The monoisotopic (exact) mass is 252 g/mol. The maximum Gasteiger partial charge on any atom is 0.317 e. The van der Waals surface area contributed by atoms with E-state index in [1.807, 2.05) is 4.90 Å². The number of carbonyl (C=O) groups excluding carboxylic acids is 1. The molecule has 3 heteroatoms. The van der Waals surface area contributed by atoms with Crippen molar-refractivity contribution in [2.45, 2.75) is 58.9 Å². The molecule has 1 aliphatic heterocycles. The molecule has 0 aromatic carbocycles. The van der Waals surface area contributed by atoms with E-state index in [1.54, 1.807) is 0 Å². The predicted octanol–water partition coefficient (Wildman–Crippen LogP) is 3.25. The van der Waals surface area contributed by atoms with Crippen LogP contribution < -0.4 is 5.32 Å². The van der Waals surface area contributed by atoms with Gasteiger partial charge in [-0.1, -0.05) is 33.6 Å². The summed E-state index contributed by atoms with van der Waals surface area (Å²) in [5.41, 5.74) is 0. The van der Waals surface area contributed by atoms with Crippen LogP contribution in [0.4, 0.5) is 4.79 Å². The molecule has 18 heavy (non-hydrogen) atoms. The van der Waals surface area contributed by atoms with Gasteiger partial charge in [0.1, 0.15) is 0 Å². The van der Waals surface area contributed by atoms with Crippen LogP contribution in [0.5, 0.6) is 0 Å². The van der Waals surface area contributed by atoms with E-state index < -0.39 is 0 Å². The Labute approximate surface area is 111 Å². The van der Waals surface area contributed by atoms with Crippen LogP contribution in [-0.4, -0.2) is 30.1 Å². The molecular weight excluding hydrogens is 224 g/mol. The van der Waals surface area contributed by atoms with Crippen LogP contribution >= 0.6 is 0 Å². The number of urea groups is 1. The van der Waals surface area contributed by atoms with Gasteiger partial charge in [0.15, 0.2) is 0 Å². The van der Waals surface area contributed by atoms with E-state index in [2.05, 4.69) is 26.1 Å². The van der Waals surface area contributed by atoms with Crippen molar-refractivity contribution in [2.75, 3.05) is 13.1 Å². The molecule has 3 unspecified atom stereocenters. The average molecular weight is 252 g/mol. The van der Waals surface area contributed by atoms with Crippen molar-refractivity contribution in [1.29, 1.82) is 0 Å². The van der Waals surface area contributed by atoms with E-state index in [0.717, 1.165) is 25.9 Å². The summed E-state index contributed by atoms with van der Waals surface area (Å²) in [6.07, 6.45) is 6.20. The summed E-state index contributed by atoms with van der Waals surface area (Å²) in [5, 5.41) is 3.30. The van der Waals surface area contributed by atoms with Gasteiger partial charge in [0.05, 0.1) is 0 Å². The fourth-order valence-corrected chi connectivity index (χ4v) is 3.51. The molecule has 0 aromatic heterocycles. The SMILES string of the molecule is CC1CCN(C(=O)NC2CCCCC2C(C)C)C1. The molecule has 1 saturated carbocycles. The first-order chi connectivity index (χ1) is 8.58. The molecule has 2 rings (SSSR count). The molecule has 3 atom stereocenters. The number of hydrogen-bond acceptors (Lipinski definition) is 1. The van der Waals surface area contributed by atoms with Crippen LogP contribution in [0.3, 0.4) is 0 Å². The molecule has 1 heterocycles. The van der Waals surface area contributed by atoms with Crippen molar-refractivity contribution in [3.8, 4) is 0 Å². The molecule has 2 fully saturated rings. The second-order valence-electron chi connectivity index (χ2n) is 6.59. The van der Waals surface area contributed by atoms with Gasteiger partial charge in [-0.05, 0) is 37.0 Å². The molecule has 0 bridgehead atoms. The first-order valence-corrected chi connectivity index (χ1v) is 7.63. The van der Waals surface area contributed by atoms with Crippen LogP contribution in [0.25, 0.3) is 0 Å². The number of nitrogens with one attached hydrogen (secondary N) is 1. The first kappa shape index (κ1) is 13.7. The Morgan fingerprint density at radius 1 is 1.22 bits per heavy atom. The van der Waals surface area contributed by atoms with E-state index >= 15 is 0 Å². The van der Waals surface area contributed by atoms with Crippen LogP contribution in [0.2, 0.25) is 0 Å². The zero-order valence-corrected chi connectivity index (χ0v) is 12.1. The van der Waals surface area contributed by atoms with Crippen molar-refractivity contribution < 1.29 is 4.79 Å². The normalized spacial score (nSPS) is 32.9.